The number of aldehydes is 1. The minimum Gasteiger partial charge on any atom is -0.477 e. The lowest BCUT2D eigenvalue weighted by atomic mass is 9.59. The van der Waals surface area contributed by atoms with Gasteiger partial charge in [-0.2, -0.15) is 0 Å². The number of carbonyl (C=O) groups excluding carboxylic acids is 1. The van der Waals surface area contributed by atoms with Crippen LogP contribution in [0.5, 0.6) is 0 Å². The molecule has 0 bridgehead atoms. The molecule has 2 heterocycles. The van der Waals surface area contributed by atoms with Gasteiger partial charge in [-0.1, -0.05) is 140 Å². The van der Waals surface area contributed by atoms with E-state index < -0.39 is 17.0 Å². The van der Waals surface area contributed by atoms with Gasteiger partial charge in [0.15, 0.2) is 6.29 Å². The number of rotatable bonds is 10. The van der Waals surface area contributed by atoms with Crippen molar-refractivity contribution in [1.82, 2.24) is 4.57 Å². The summed E-state index contributed by atoms with van der Waals surface area (Å²) in [5.41, 5.74) is 4.46. The number of aromatic nitrogens is 1. The molecule has 8 nitrogen and oxygen atoms in total. The van der Waals surface area contributed by atoms with E-state index in [-0.39, 0.29) is 12.2 Å². The van der Waals surface area contributed by atoms with Gasteiger partial charge in [-0.15, -0.1) is 10.2 Å². The monoisotopic (exact) mass is 615 g/mol. The smallest absolute Gasteiger partial charge is 0.352 e. The third-order valence-electron chi connectivity index (χ3n) is 8.82. The summed E-state index contributed by atoms with van der Waals surface area (Å²) in [6.45, 7) is 0.232. The Balaban J connectivity index is 1.43. The zero-order valence-electron chi connectivity index (χ0n) is 25.2. The lowest BCUT2D eigenvalue weighted by Crippen LogP contribution is -2.48. The van der Waals surface area contributed by atoms with E-state index in [1.165, 1.54) is 16.7 Å². The standard InChI is InChI=1S/C39H29N5O3/c45-27-33-24-25-36(37(46)47)44(33)26-28-20-22-29(23-21-28)34-18-10-11-19-35(34)39(40-42-43-41-39)38(30-12-4-1-5-13-30,31-14-6-2-7-15-31)32-16-8-3-9-17-32/h1-25,27H,26H2,(H,46,47). The van der Waals surface area contributed by atoms with Crippen molar-refractivity contribution in [3.63, 3.8) is 0 Å². The Kier molecular flexibility index (Phi) is 7.67. The Bertz CT molecular complexity index is 2000. The van der Waals surface area contributed by atoms with Gasteiger partial charge in [0, 0.05) is 12.1 Å². The summed E-state index contributed by atoms with van der Waals surface area (Å²) in [7, 11) is 0. The van der Waals surface area contributed by atoms with E-state index in [4.69, 9.17) is 10.2 Å². The molecule has 1 aliphatic rings. The molecule has 0 radical (unpaired) electrons. The Labute approximate surface area is 271 Å². The van der Waals surface area contributed by atoms with Crippen molar-refractivity contribution >= 4 is 12.3 Å². The van der Waals surface area contributed by atoms with Gasteiger partial charge >= 0.3 is 5.97 Å². The first-order valence-electron chi connectivity index (χ1n) is 15.2. The highest BCUT2D eigenvalue weighted by molar-refractivity contribution is 5.88. The molecule has 228 valence electrons. The molecule has 1 aliphatic heterocycles. The van der Waals surface area contributed by atoms with Gasteiger partial charge in [0.25, 0.3) is 0 Å². The fraction of sp³-hybridized carbons (Fsp3) is 0.0769. The van der Waals surface area contributed by atoms with Gasteiger partial charge < -0.3 is 9.67 Å². The molecule has 6 aromatic rings. The van der Waals surface area contributed by atoms with E-state index in [0.29, 0.717) is 12.0 Å². The van der Waals surface area contributed by atoms with Gasteiger partial charge in [-0.25, -0.2) is 4.79 Å². The molecule has 8 heteroatoms. The zero-order valence-corrected chi connectivity index (χ0v) is 25.2. The topological polar surface area (TPSA) is 109 Å². The van der Waals surface area contributed by atoms with E-state index in [9.17, 15) is 14.7 Å². The second-order valence-corrected chi connectivity index (χ2v) is 11.3. The lowest BCUT2D eigenvalue weighted by molar-refractivity contribution is 0.0685. The van der Waals surface area contributed by atoms with Crippen LogP contribution in [0.4, 0.5) is 0 Å². The maximum Gasteiger partial charge on any atom is 0.352 e. The van der Waals surface area contributed by atoms with Crippen molar-refractivity contribution in [2.75, 3.05) is 0 Å². The molecule has 5 aromatic carbocycles. The van der Waals surface area contributed by atoms with Crippen LogP contribution in [-0.4, -0.2) is 21.9 Å². The van der Waals surface area contributed by atoms with Crippen molar-refractivity contribution in [3.05, 3.63) is 191 Å². The molecule has 0 spiro atoms. The first-order valence-corrected chi connectivity index (χ1v) is 15.2. The fourth-order valence-electron chi connectivity index (χ4n) is 6.78. The quantitative estimate of drug-likeness (QED) is 0.123. The molecule has 1 aromatic heterocycles. The van der Waals surface area contributed by atoms with E-state index >= 15 is 0 Å². The molecule has 1 N–H and O–H groups in total. The van der Waals surface area contributed by atoms with E-state index in [1.54, 1.807) is 0 Å². The number of nitrogens with zero attached hydrogens (tertiary/aromatic N) is 5. The second kappa shape index (κ2) is 12.3. The number of carboxylic acid groups (broad SMARTS) is 1. The van der Waals surface area contributed by atoms with Crippen molar-refractivity contribution in [2.45, 2.75) is 17.6 Å². The highest BCUT2D eigenvalue weighted by Gasteiger charge is 2.60. The molecule has 0 saturated heterocycles. The molecular weight excluding hydrogens is 586 g/mol. The number of carboxylic acids is 1. The molecule has 0 unspecified atom stereocenters. The summed E-state index contributed by atoms with van der Waals surface area (Å²) in [6, 6.07) is 49.6. The Morgan fingerprint density at radius 2 is 1.17 bits per heavy atom. The Morgan fingerprint density at radius 3 is 1.68 bits per heavy atom. The highest BCUT2D eigenvalue weighted by Crippen LogP contribution is 2.58. The molecule has 7 rings (SSSR count). The van der Waals surface area contributed by atoms with Crippen LogP contribution in [0.2, 0.25) is 0 Å². The van der Waals surface area contributed by atoms with Gasteiger partial charge in [-0.05, 0) is 56.0 Å². The summed E-state index contributed by atoms with van der Waals surface area (Å²) in [5, 5.41) is 27.9. The van der Waals surface area contributed by atoms with Crippen LogP contribution in [-0.2, 0) is 17.6 Å². The zero-order chi connectivity index (χ0) is 32.3. The predicted molar refractivity (Wildman–Crippen MR) is 178 cm³/mol. The normalized spacial score (nSPS) is 13.4. The summed E-state index contributed by atoms with van der Waals surface area (Å²) < 4.78 is 1.50. The number of aromatic carboxylic acids is 1. The van der Waals surface area contributed by atoms with Gasteiger partial charge in [0.2, 0.25) is 5.66 Å². The van der Waals surface area contributed by atoms with Crippen molar-refractivity contribution in [2.24, 2.45) is 20.7 Å². The average Bonchev–Trinajstić information content (AvgIpc) is 3.79. The second-order valence-electron chi connectivity index (χ2n) is 11.3. The SMILES string of the molecule is O=Cc1ccc(C(=O)O)n1Cc1ccc(-c2ccccc2C2(C(c3ccccc3)(c3ccccc3)c3ccccc3)N=NN=N2)cc1. The number of hydrogen-bond acceptors (Lipinski definition) is 6. The molecular formula is C39H29N5O3. The maximum absolute atomic E-state index is 11.8. The van der Waals surface area contributed by atoms with Crippen molar-refractivity contribution in [1.29, 1.82) is 0 Å². The Morgan fingerprint density at radius 1 is 0.660 bits per heavy atom. The summed E-state index contributed by atoms with van der Waals surface area (Å²) >= 11 is 0. The van der Waals surface area contributed by atoms with Gasteiger partial charge in [0.05, 0.1) is 11.1 Å². The van der Waals surface area contributed by atoms with E-state index in [2.05, 4.69) is 46.8 Å². The predicted octanol–water partition coefficient (Wildman–Crippen LogP) is 8.73. The fourth-order valence-corrected chi connectivity index (χ4v) is 6.78. The van der Waals surface area contributed by atoms with Crippen molar-refractivity contribution in [3.8, 4) is 11.1 Å². The summed E-state index contributed by atoms with van der Waals surface area (Å²) in [6.07, 6.45) is 0.666. The minimum atomic E-state index is -1.33. The Hall–Kier alpha value is -6.28. The van der Waals surface area contributed by atoms with Crippen LogP contribution in [0, 0.1) is 0 Å². The number of carbonyl (C=O) groups is 2. The van der Waals surface area contributed by atoms with Crippen LogP contribution in [0.1, 0.15) is 48.8 Å². The molecule has 0 atom stereocenters. The summed E-state index contributed by atoms with van der Waals surface area (Å²) in [5.74, 6) is -1.09. The van der Waals surface area contributed by atoms with E-state index in [0.717, 1.165) is 38.9 Å². The first-order chi connectivity index (χ1) is 23.1. The summed E-state index contributed by atoms with van der Waals surface area (Å²) in [4.78, 5) is 23.4. The van der Waals surface area contributed by atoms with Crippen LogP contribution >= 0.6 is 0 Å². The van der Waals surface area contributed by atoms with Gasteiger partial charge in [0.1, 0.15) is 5.69 Å². The third-order valence-corrected chi connectivity index (χ3v) is 8.82. The van der Waals surface area contributed by atoms with Crippen LogP contribution in [0.25, 0.3) is 11.1 Å². The first kappa shape index (κ1) is 29.4. The third kappa shape index (κ3) is 4.87. The highest BCUT2D eigenvalue weighted by atomic mass is 16.4. The average molecular weight is 616 g/mol. The van der Waals surface area contributed by atoms with Crippen molar-refractivity contribution < 1.29 is 14.7 Å². The van der Waals surface area contributed by atoms with Crippen LogP contribution in [0.15, 0.2) is 172 Å². The van der Waals surface area contributed by atoms with Crippen LogP contribution < -0.4 is 0 Å². The van der Waals surface area contributed by atoms with Gasteiger partial charge in [-0.3, -0.25) is 4.79 Å². The lowest BCUT2D eigenvalue weighted by Gasteiger charge is -2.45. The molecule has 0 fully saturated rings. The molecule has 0 amide bonds. The van der Waals surface area contributed by atoms with Crippen LogP contribution in [0.3, 0.4) is 0 Å². The number of benzene rings is 5. The maximum atomic E-state index is 11.8. The molecule has 0 aliphatic carbocycles. The minimum absolute atomic E-state index is 0.0551. The largest absolute Gasteiger partial charge is 0.477 e. The van der Waals surface area contributed by atoms with E-state index in [1.807, 2.05) is 103 Å². The number of hydrogen-bond donors (Lipinski definition) is 1. The molecule has 47 heavy (non-hydrogen) atoms. The molecule has 0 saturated carbocycles.